The van der Waals surface area contributed by atoms with Crippen molar-refractivity contribution in [1.82, 2.24) is 10.6 Å². The molecule has 0 radical (unpaired) electrons. The zero-order valence-electron chi connectivity index (χ0n) is 20.4. The maximum absolute atomic E-state index is 13.6. The van der Waals surface area contributed by atoms with Crippen LogP contribution in [0.5, 0.6) is 0 Å². The van der Waals surface area contributed by atoms with E-state index in [4.69, 9.17) is 5.73 Å². The third-order valence-corrected chi connectivity index (χ3v) is 7.70. The van der Waals surface area contributed by atoms with Crippen LogP contribution in [0.15, 0.2) is 84.9 Å². The van der Waals surface area contributed by atoms with Gasteiger partial charge in [0, 0.05) is 18.4 Å². The summed E-state index contributed by atoms with van der Waals surface area (Å²) >= 11 is 0. The van der Waals surface area contributed by atoms with Crippen LogP contribution in [-0.2, 0) is 27.2 Å². The van der Waals surface area contributed by atoms with Crippen molar-refractivity contribution in [3.63, 3.8) is 0 Å². The molecular weight excluding hydrogens is 466 g/mol. The van der Waals surface area contributed by atoms with E-state index in [-0.39, 0.29) is 30.1 Å². The first-order chi connectivity index (χ1) is 17.9. The molecule has 3 aromatic rings. The van der Waals surface area contributed by atoms with E-state index >= 15 is 0 Å². The largest absolute Gasteiger partial charge is 0.480 e. The third-order valence-electron chi connectivity index (χ3n) is 7.70. The highest BCUT2D eigenvalue weighted by molar-refractivity contribution is 5.89. The summed E-state index contributed by atoms with van der Waals surface area (Å²) in [7, 11) is 0. The molecule has 2 bridgehead atoms. The normalized spacial score (nSPS) is 23.1. The minimum atomic E-state index is -1.09. The van der Waals surface area contributed by atoms with Crippen molar-refractivity contribution in [2.75, 3.05) is 0 Å². The highest BCUT2D eigenvalue weighted by Gasteiger charge is 2.54. The fourth-order valence-electron chi connectivity index (χ4n) is 5.98. The minimum absolute atomic E-state index is 0.0257. The van der Waals surface area contributed by atoms with Gasteiger partial charge in [-0.1, -0.05) is 84.9 Å². The molecular formula is C30H31N3O4. The molecule has 7 heteroatoms. The molecule has 0 aromatic heterocycles. The van der Waals surface area contributed by atoms with Crippen LogP contribution in [0.1, 0.15) is 40.5 Å². The number of fused-ring (bicyclic) bond motifs is 5. The van der Waals surface area contributed by atoms with Crippen LogP contribution in [0.4, 0.5) is 0 Å². The fraction of sp³-hybridized carbons (Fsp3) is 0.300. The van der Waals surface area contributed by atoms with Crippen molar-refractivity contribution in [1.29, 1.82) is 0 Å². The number of carbonyl (C=O) groups excluding carboxylic acids is 2. The average Bonchev–Trinajstić information content (AvgIpc) is 3.46. The molecule has 7 nitrogen and oxygen atoms in total. The maximum atomic E-state index is 13.6. The van der Waals surface area contributed by atoms with Gasteiger partial charge in [-0.05, 0) is 41.0 Å². The van der Waals surface area contributed by atoms with Gasteiger partial charge in [0.1, 0.15) is 6.04 Å². The van der Waals surface area contributed by atoms with Crippen molar-refractivity contribution in [2.45, 2.75) is 49.2 Å². The number of nitrogens with one attached hydrogen (secondary N) is 2. The second-order valence-corrected chi connectivity index (χ2v) is 10.0. The van der Waals surface area contributed by atoms with E-state index in [1.54, 1.807) is 0 Å². The molecule has 2 aliphatic carbocycles. The smallest absolute Gasteiger partial charge is 0.326 e. The van der Waals surface area contributed by atoms with Crippen LogP contribution in [0.2, 0.25) is 0 Å². The van der Waals surface area contributed by atoms with Crippen molar-refractivity contribution in [3.8, 4) is 0 Å². The van der Waals surface area contributed by atoms with Gasteiger partial charge in [-0.15, -0.1) is 0 Å². The first kappa shape index (κ1) is 24.7. The first-order valence-electron chi connectivity index (χ1n) is 12.7. The molecule has 0 aliphatic heterocycles. The second kappa shape index (κ2) is 10.6. The molecule has 5 rings (SSSR count). The van der Waals surface area contributed by atoms with Gasteiger partial charge in [0.25, 0.3) is 0 Å². The summed E-state index contributed by atoms with van der Waals surface area (Å²) < 4.78 is 0. The average molecular weight is 498 g/mol. The molecule has 1 fully saturated rings. The van der Waals surface area contributed by atoms with Gasteiger partial charge in [0.2, 0.25) is 11.8 Å². The van der Waals surface area contributed by atoms with Crippen molar-refractivity contribution < 1.29 is 19.5 Å². The first-order valence-corrected chi connectivity index (χ1v) is 12.7. The number of nitrogens with two attached hydrogens (primary N) is 1. The quantitative estimate of drug-likeness (QED) is 0.362. The third kappa shape index (κ3) is 5.13. The van der Waals surface area contributed by atoms with Gasteiger partial charge >= 0.3 is 5.97 Å². The lowest BCUT2D eigenvalue weighted by Crippen LogP contribution is -2.55. The van der Waals surface area contributed by atoms with Crippen molar-refractivity contribution in [3.05, 3.63) is 107 Å². The fourth-order valence-corrected chi connectivity index (χ4v) is 5.98. The number of carboxylic acid groups (broad SMARTS) is 1. The lowest BCUT2D eigenvalue weighted by atomic mass is 9.79. The number of benzene rings is 3. The summed E-state index contributed by atoms with van der Waals surface area (Å²) in [6, 6.07) is 24.5. The molecule has 6 atom stereocenters. The van der Waals surface area contributed by atoms with E-state index in [9.17, 15) is 19.5 Å². The van der Waals surface area contributed by atoms with E-state index in [1.165, 1.54) is 0 Å². The van der Waals surface area contributed by atoms with Crippen LogP contribution in [0.25, 0.3) is 0 Å². The van der Waals surface area contributed by atoms with E-state index in [0.717, 1.165) is 28.7 Å². The summed E-state index contributed by atoms with van der Waals surface area (Å²) in [5.41, 5.74) is 10.3. The molecule has 190 valence electrons. The molecule has 0 unspecified atom stereocenters. The Morgan fingerprint density at radius 3 is 1.95 bits per heavy atom. The molecule has 0 heterocycles. The number of rotatable bonds is 9. The maximum Gasteiger partial charge on any atom is 0.326 e. The Hall–Kier alpha value is -3.97. The molecule has 0 spiro atoms. The second-order valence-electron chi connectivity index (χ2n) is 10.0. The number of carbonyl (C=O) groups is 3. The van der Waals surface area contributed by atoms with Crippen LogP contribution in [0, 0.1) is 5.92 Å². The van der Waals surface area contributed by atoms with Gasteiger partial charge in [0.15, 0.2) is 0 Å². The molecule has 2 aliphatic rings. The predicted octanol–water partition coefficient (Wildman–Crippen LogP) is 2.75. The summed E-state index contributed by atoms with van der Waals surface area (Å²) in [5.74, 6) is -2.45. The topological polar surface area (TPSA) is 122 Å². The molecule has 5 N–H and O–H groups in total. The zero-order valence-corrected chi connectivity index (χ0v) is 20.4. The Morgan fingerprint density at radius 2 is 1.35 bits per heavy atom. The van der Waals surface area contributed by atoms with Gasteiger partial charge in [-0.2, -0.15) is 0 Å². The molecule has 37 heavy (non-hydrogen) atoms. The Balaban J connectivity index is 1.36. The lowest BCUT2D eigenvalue weighted by molar-refractivity contribution is -0.142. The highest BCUT2D eigenvalue weighted by Crippen LogP contribution is 2.56. The number of amides is 2. The van der Waals surface area contributed by atoms with Crippen LogP contribution in [-0.4, -0.2) is 41.0 Å². The van der Waals surface area contributed by atoms with Gasteiger partial charge in [-0.3, -0.25) is 9.59 Å². The molecule has 1 saturated carbocycles. The molecule has 2 amide bonds. The number of carboxylic acids is 1. The summed E-state index contributed by atoms with van der Waals surface area (Å²) in [5, 5.41) is 15.7. The minimum Gasteiger partial charge on any atom is -0.480 e. The standard InChI is InChI=1S/C30H31N3O4/c31-24(15-18-9-3-1-4-10-18)28(34)33-27-23-17-22(20-13-7-8-14-21(20)23)26(27)29(35)32-25(30(36)37)16-19-11-5-2-6-12-19/h1-14,22-27H,15-17,31H2,(H,32,35)(H,33,34)(H,36,37)/t22-,23+,24-,25-,26+,27-/m0/s1. The Labute approximate surface area is 216 Å². The molecule has 3 aromatic carbocycles. The Kier molecular flexibility index (Phi) is 7.06. The predicted molar refractivity (Wildman–Crippen MR) is 140 cm³/mol. The number of hydrogen-bond donors (Lipinski definition) is 4. The van der Waals surface area contributed by atoms with Crippen molar-refractivity contribution >= 4 is 17.8 Å². The van der Waals surface area contributed by atoms with Crippen LogP contribution in [0.3, 0.4) is 0 Å². The SMILES string of the molecule is N[C@@H](Cc1ccccc1)C(=O)N[C@@H]1[C@H](C(=O)N[C@@H](Cc2ccccc2)C(=O)O)[C@H]2C[C@@H]1c1ccccc12. The van der Waals surface area contributed by atoms with E-state index in [1.807, 2.05) is 84.9 Å². The van der Waals surface area contributed by atoms with Crippen LogP contribution < -0.4 is 16.4 Å². The van der Waals surface area contributed by atoms with E-state index < -0.39 is 30.0 Å². The lowest BCUT2D eigenvalue weighted by Gasteiger charge is -2.33. The van der Waals surface area contributed by atoms with Gasteiger partial charge in [-0.25, -0.2) is 4.79 Å². The van der Waals surface area contributed by atoms with Gasteiger partial charge in [0.05, 0.1) is 12.0 Å². The Morgan fingerprint density at radius 1 is 0.811 bits per heavy atom. The van der Waals surface area contributed by atoms with E-state index in [0.29, 0.717) is 6.42 Å². The monoisotopic (exact) mass is 497 g/mol. The number of hydrogen-bond acceptors (Lipinski definition) is 4. The summed E-state index contributed by atoms with van der Waals surface area (Å²) in [4.78, 5) is 38.8. The summed E-state index contributed by atoms with van der Waals surface area (Å²) in [6.45, 7) is 0. The highest BCUT2D eigenvalue weighted by atomic mass is 16.4. The van der Waals surface area contributed by atoms with Gasteiger partial charge < -0.3 is 21.5 Å². The van der Waals surface area contributed by atoms with Crippen LogP contribution >= 0.6 is 0 Å². The van der Waals surface area contributed by atoms with E-state index in [2.05, 4.69) is 10.6 Å². The Bertz CT molecular complexity index is 1280. The summed E-state index contributed by atoms with van der Waals surface area (Å²) in [6.07, 6.45) is 1.30. The molecule has 0 saturated heterocycles. The number of aliphatic carboxylic acids is 1. The van der Waals surface area contributed by atoms with Crippen molar-refractivity contribution in [2.24, 2.45) is 11.7 Å². The zero-order chi connectivity index (χ0) is 25.9.